The number of benzene rings is 1. The third-order valence-electron chi connectivity index (χ3n) is 3.40. The summed E-state index contributed by atoms with van der Waals surface area (Å²) < 4.78 is 1.83. The van der Waals surface area contributed by atoms with Crippen LogP contribution in [0.3, 0.4) is 0 Å². The number of nitrogens with one attached hydrogen (secondary N) is 3. The van der Waals surface area contributed by atoms with Crippen LogP contribution in [0.1, 0.15) is 13.8 Å². The van der Waals surface area contributed by atoms with Crippen molar-refractivity contribution < 1.29 is 9.59 Å². The Kier molecular flexibility index (Phi) is 5.48. The van der Waals surface area contributed by atoms with Gasteiger partial charge in [-0.25, -0.2) is 14.8 Å². The summed E-state index contributed by atoms with van der Waals surface area (Å²) >= 11 is 4.97. The molecule has 9 heteroatoms. The van der Waals surface area contributed by atoms with Crippen molar-refractivity contribution in [2.45, 2.75) is 13.8 Å². The molecule has 0 saturated carbocycles. The van der Waals surface area contributed by atoms with Crippen molar-refractivity contribution in [1.29, 1.82) is 0 Å². The van der Waals surface area contributed by atoms with Crippen molar-refractivity contribution in [2.24, 2.45) is 0 Å². The number of halogens is 1. The summed E-state index contributed by atoms with van der Waals surface area (Å²) in [6.07, 6.45) is 1.69. The number of nitrogens with zero attached hydrogens (tertiary/aromatic N) is 2. The molecule has 26 heavy (non-hydrogen) atoms. The highest BCUT2D eigenvalue weighted by atomic mass is 79.9. The van der Waals surface area contributed by atoms with Gasteiger partial charge in [0.1, 0.15) is 5.82 Å². The van der Waals surface area contributed by atoms with Gasteiger partial charge in [0.05, 0.1) is 10.2 Å². The quantitative estimate of drug-likeness (QED) is 0.573. The van der Waals surface area contributed by atoms with Crippen molar-refractivity contribution in [3.8, 4) is 11.1 Å². The van der Waals surface area contributed by atoms with E-state index in [2.05, 4.69) is 41.8 Å². The number of carbonyl (C=O) groups is 2. The monoisotopic (exact) mass is 433 g/mol. The minimum atomic E-state index is -0.277. The standard InChI is InChI=1S/C17H16BrN5O2S/c1-3-19-16(25)23-17-22-13-7-11(6-12(18)15(13)26-17)10-4-5-14(20-8-10)21-9(2)24/h4-8H,3H2,1-2H3,(H,20,21,24)(H2,19,22,23,25). The van der Waals surface area contributed by atoms with Crippen LogP contribution in [-0.2, 0) is 4.79 Å². The zero-order valence-electron chi connectivity index (χ0n) is 14.1. The van der Waals surface area contributed by atoms with Crippen molar-refractivity contribution in [1.82, 2.24) is 15.3 Å². The van der Waals surface area contributed by atoms with Gasteiger partial charge in [0, 0.05) is 29.7 Å². The Bertz CT molecular complexity index is 971. The van der Waals surface area contributed by atoms with Gasteiger partial charge in [0.15, 0.2) is 5.13 Å². The Morgan fingerprint density at radius 3 is 2.65 bits per heavy atom. The molecule has 0 unspecified atom stereocenters. The predicted molar refractivity (Wildman–Crippen MR) is 108 cm³/mol. The van der Waals surface area contributed by atoms with Crippen LogP contribution < -0.4 is 16.0 Å². The third-order valence-corrected chi connectivity index (χ3v) is 5.31. The van der Waals surface area contributed by atoms with Gasteiger partial charge < -0.3 is 10.6 Å². The highest BCUT2D eigenvalue weighted by molar-refractivity contribution is 9.10. The lowest BCUT2D eigenvalue weighted by atomic mass is 10.1. The Hall–Kier alpha value is -2.52. The lowest BCUT2D eigenvalue weighted by Crippen LogP contribution is -2.28. The molecule has 0 atom stereocenters. The third kappa shape index (κ3) is 4.17. The van der Waals surface area contributed by atoms with Gasteiger partial charge in [-0.15, -0.1) is 0 Å². The van der Waals surface area contributed by atoms with Crippen molar-refractivity contribution in [3.05, 3.63) is 34.9 Å². The minimum Gasteiger partial charge on any atom is -0.338 e. The second-order valence-electron chi connectivity index (χ2n) is 5.42. The lowest BCUT2D eigenvalue weighted by Gasteiger charge is -2.05. The van der Waals surface area contributed by atoms with E-state index < -0.39 is 0 Å². The number of fused-ring (bicyclic) bond motifs is 1. The first-order valence-corrected chi connectivity index (χ1v) is 9.46. The summed E-state index contributed by atoms with van der Waals surface area (Å²) in [5.41, 5.74) is 2.60. The molecule has 3 N–H and O–H groups in total. The summed E-state index contributed by atoms with van der Waals surface area (Å²) in [5.74, 6) is 0.340. The number of hydrogen-bond acceptors (Lipinski definition) is 5. The molecule has 0 aliphatic carbocycles. The van der Waals surface area contributed by atoms with E-state index in [0.717, 1.165) is 25.8 Å². The predicted octanol–water partition coefficient (Wildman–Crippen LogP) is 4.22. The largest absolute Gasteiger partial charge is 0.338 e. The molecule has 3 rings (SSSR count). The molecule has 2 heterocycles. The van der Waals surface area contributed by atoms with E-state index in [-0.39, 0.29) is 11.9 Å². The molecule has 2 aromatic heterocycles. The van der Waals surface area contributed by atoms with Gasteiger partial charge in [-0.3, -0.25) is 10.1 Å². The van der Waals surface area contributed by atoms with E-state index in [1.54, 1.807) is 12.3 Å². The number of amides is 3. The maximum Gasteiger partial charge on any atom is 0.321 e. The van der Waals surface area contributed by atoms with Gasteiger partial charge in [-0.1, -0.05) is 11.3 Å². The van der Waals surface area contributed by atoms with E-state index in [1.807, 2.05) is 25.1 Å². The molecule has 0 saturated heterocycles. The molecule has 1 aromatic carbocycles. The fourth-order valence-corrected chi connectivity index (χ4v) is 3.87. The maximum absolute atomic E-state index is 11.7. The normalized spacial score (nSPS) is 10.6. The van der Waals surface area contributed by atoms with E-state index in [0.29, 0.717) is 17.5 Å². The zero-order valence-corrected chi connectivity index (χ0v) is 16.5. The lowest BCUT2D eigenvalue weighted by molar-refractivity contribution is -0.114. The fraction of sp³-hybridized carbons (Fsp3) is 0.176. The molecule has 3 amide bonds. The van der Waals surface area contributed by atoms with Crippen molar-refractivity contribution >= 4 is 60.4 Å². The van der Waals surface area contributed by atoms with Crippen LogP contribution in [0, 0.1) is 0 Å². The average Bonchev–Trinajstić information content (AvgIpc) is 2.98. The summed E-state index contributed by atoms with van der Waals surface area (Å²) in [6.45, 7) is 3.84. The van der Waals surface area contributed by atoms with Crippen molar-refractivity contribution in [2.75, 3.05) is 17.2 Å². The first kappa shape index (κ1) is 18.3. The smallest absolute Gasteiger partial charge is 0.321 e. The Morgan fingerprint density at radius 2 is 2.00 bits per heavy atom. The molecule has 134 valence electrons. The molecule has 0 aliphatic rings. The van der Waals surface area contributed by atoms with Gasteiger partial charge in [0.25, 0.3) is 0 Å². The minimum absolute atomic E-state index is 0.163. The summed E-state index contributed by atoms with van der Waals surface area (Å²) in [7, 11) is 0. The van der Waals surface area contributed by atoms with Crippen LogP contribution in [0.25, 0.3) is 21.3 Å². The highest BCUT2D eigenvalue weighted by Crippen LogP contribution is 2.36. The van der Waals surface area contributed by atoms with Crippen LogP contribution >= 0.6 is 27.3 Å². The summed E-state index contributed by atoms with van der Waals surface area (Å²) in [4.78, 5) is 31.5. The number of thiazole rings is 1. The average molecular weight is 434 g/mol. The van der Waals surface area contributed by atoms with E-state index >= 15 is 0 Å². The number of pyridine rings is 1. The number of carbonyl (C=O) groups excluding carboxylic acids is 2. The molecular formula is C17H16BrN5O2S. The maximum atomic E-state index is 11.7. The Labute approximate surface area is 162 Å². The summed E-state index contributed by atoms with van der Waals surface area (Å²) in [5, 5.41) is 8.57. The number of aromatic nitrogens is 2. The van der Waals surface area contributed by atoms with Crippen LogP contribution in [0.5, 0.6) is 0 Å². The highest BCUT2D eigenvalue weighted by Gasteiger charge is 2.12. The first-order chi connectivity index (χ1) is 12.5. The molecule has 0 bridgehead atoms. The molecule has 7 nitrogen and oxygen atoms in total. The molecule has 0 radical (unpaired) electrons. The molecule has 0 aliphatic heterocycles. The van der Waals surface area contributed by atoms with E-state index in [4.69, 9.17) is 0 Å². The molecule has 0 spiro atoms. The van der Waals surface area contributed by atoms with E-state index in [9.17, 15) is 9.59 Å². The van der Waals surface area contributed by atoms with Gasteiger partial charge in [-0.2, -0.15) is 0 Å². The van der Waals surface area contributed by atoms with Crippen LogP contribution in [0.2, 0.25) is 0 Å². The summed E-state index contributed by atoms with van der Waals surface area (Å²) in [6, 6.07) is 7.27. The second-order valence-corrected chi connectivity index (χ2v) is 7.28. The van der Waals surface area contributed by atoms with Crippen LogP contribution in [0.4, 0.5) is 15.7 Å². The van der Waals surface area contributed by atoms with Crippen molar-refractivity contribution in [3.63, 3.8) is 0 Å². The molecular weight excluding hydrogens is 418 g/mol. The first-order valence-electron chi connectivity index (χ1n) is 7.85. The zero-order chi connectivity index (χ0) is 18.7. The topological polar surface area (TPSA) is 96.0 Å². The SMILES string of the molecule is CCNC(=O)Nc1nc2cc(-c3ccc(NC(C)=O)nc3)cc(Br)c2s1. The Morgan fingerprint density at radius 1 is 1.19 bits per heavy atom. The molecule has 0 fully saturated rings. The number of anilines is 2. The fourth-order valence-electron chi connectivity index (χ4n) is 2.33. The Balaban J connectivity index is 1.90. The van der Waals surface area contributed by atoms with Crippen LogP contribution in [0.15, 0.2) is 34.9 Å². The number of hydrogen-bond donors (Lipinski definition) is 3. The number of urea groups is 1. The van der Waals surface area contributed by atoms with E-state index in [1.165, 1.54) is 18.3 Å². The second kappa shape index (κ2) is 7.79. The molecule has 3 aromatic rings. The van der Waals surface area contributed by atoms with Gasteiger partial charge >= 0.3 is 6.03 Å². The number of rotatable bonds is 4. The van der Waals surface area contributed by atoms with Gasteiger partial charge in [-0.05, 0) is 52.7 Å². The van der Waals surface area contributed by atoms with Crippen LogP contribution in [-0.4, -0.2) is 28.5 Å². The van der Waals surface area contributed by atoms with Gasteiger partial charge in [0.2, 0.25) is 5.91 Å².